The first-order valence-corrected chi connectivity index (χ1v) is 7.08. The number of rotatable bonds is 0. The third-order valence-corrected chi connectivity index (χ3v) is 4.92. The number of hydrogen-bond donors (Lipinski definition) is 0. The Balaban J connectivity index is 2.00. The van der Waals surface area contributed by atoms with Gasteiger partial charge in [-0.15, -0.1) is 0 Å². The fourth-order valence-corrected chi connectivity index (χ4v) is 4.18. The van der Waals surface area contributed by atoms with Crippen LogP contribution in [0.4, 0.5) is 0 Å². The Bertz CT molecular complexity index is 578. The predicted molar refractivity (Wildman–Crippen MR) is 76.4 cm³/mol. The van der Waals surface area contributed by atoms with Crippen LogP contribution in [0.25, 0.3) is 5.57 Å². The average molecular weight is 234 g/mol. The van der Waals surface area contributed by atoms with Crippen LogP contribution in [-0.4, -0.2) is 0 Å². The fraction of sp³-hybridized carbons (Fsp3) is 0.333. The smallest absolute Gasteiger partial charge is 0.0180 e. The van der Waals surface area contributed by atoms with Crippen LogP contribution in [0.5, 0.6) is 0 Å². The molecule has 1 saturated carbocycles. The summed E-state index contributed by atoms with van der Waals surface area (Å²) in [4.78, 5) is 0. The van der Waals surface area contributed by atoms with Crippen LogP contribution in [0, 0.1) is 0 Å². The van der Waals surface area contributed by atoms with E-state index >= 15 is 0 Å². The van der Waals surface area contributed by atoms with Gasteiger partial charge in [0, 0.05) is 5.41 Å². The SMILES string of the molecule is C1=CCC2=C(C=C1)c1ccccc1C21CCCC1. The van der Waals surface area contributed by atoms with Gasteiger partial charge in [-0.3, -0.25) is 0 Å². The molecule has 0 bridgehead atoms. The van der Waals surface area contributed by atoms with Crippen LogP contribution in [0.15, 0.2) is 54.1 Å². The zero-order valence-electron chi connectivity index (χ0n) is 10.7. The zero-order chi connectivity index (χ0) is 12.0. The Labute approximate surface area is 109 Å². The van der Waals surface area contributed by atoms with Crippen LogP contribution in [0.1, 0.15) is 43.2 Å². The van der Waals surface area contributed by atoms with Gasteiger partial charge in [0.1, 0.15) is 0 Å². The molecule has 90 valence electrons. The van der Waals surface area contributed by atoms with Crippen molar-refractivity contribution in [2.75, 3.05) is 0 Å². The molecule has 3 aliphatic rings. The van der Waals surface area contributed by atoms with Gasteiger partial charge in [-0.1, -0.05) is 61.4 Å². The lowest BCUT2D eigenvalue weighted by Gasteiger charge is -2.28. The molecule has 1 aromatic rings. The Kier molecular flexibility index (Phi) is 2.14. The van der Waals surface area contributed by atoms with Crippen molar-refractivity contribution in [3.05, 3.63) is 65.3 Å². The highest BCUT2D eigenvalue weighted by atomic mass is 14.5. The monoisotopic (exact) mass is 234 g/mol. The van der Waals surface area contributed by atoms with E-state index in [1.807, 2.05) is 0 Å². The topological polar surface area (TPSA) is 0 Å². The summed E-state index contributed by atoms with van der Waals surface area (Å²) >= 11 is 0. The van der Waals surface area contributed by atoms with Crippen LogP contribution in [-0.2, 0) is 5.41 Å². The molecule has 0 N–H and O–H groups in total. The molecule has 0 heterocycles. The van der Waals surface area contributed by atoms with E-state index in [0.29, 0.717) is 5.41 Å². The summed E-state index contributed by atoms with van der Waals surface area (Å²) in [5.41, 5.74) is 6.68. The molecule has 3 aliphatic carbocycles. The van der Waals surface area contributed by atoms with Gasteiger partial charge in [0.2, 0.25) is 0 Å². The van der Waals surface area contributed by atoms with Crippen molar-refractivity contribution in [1.29, 1.82) is 0 Å². The van der Waals surface area contributed by atoms with Gasteiger partial charge in [-0.2, -0.15) is 0 Å². The molecule has 0 saturated heterocycles. The van der Waals surface area contributed by atoms with Gasteiger partial charge in [0.15, 0.2) is 0 Å². The molecule has 0 aliphatic heterocycles. The second-order valence-corrected chi connectivity index (χ2v) is 5.72. The predicted octanol–water partition coefficient (Wildman–Crippen LogP) is 4.78. The second kappa shape index (κ2) is 3.71. The maximum Gasteiger partial charge on any atom is 0.0180 e. The molecular formula is C18H18. The van der Waals surface area contributed by atoms with Gasteiger partial charge >= 0.3 is 0 Å². The molecule has 0 radical (unpaired) electrons. The Morgan fingerprint density at radius 3 is 2.67 bits per heavy atom. The fourth-order valence-electron chi connectivity index (χ4n) is 4.18. The van der Waals surface area contributed by atoms with Crippen LogP contribution in [0.3, 0.4) is 0 Å². The van der Waals surface area contributed by atoms with Gasteiger partial charge < -0.3 is 0 Å². The van der Waals surface area contributed by atoms with Crippen molar-refractivity contribution in [3.63, 3.8) is 0 Å². The Hall–Kier alpha value is -1.56. The maximum absolute atomic E-state index is 2.37. The highest BCUT2D eigenvalue weighted by molar-refractivity contribution is 5.87. The molecule has 1 fully saturated rings. The number of benzene rings is 1. The third-order valence-electron chi connectivity index (χ3n) is 4.92. The Morgan fingerprint density at radius 2 is 1.78 bits per heavy atom. The highest BCUT2D eigenvalue weighted by Gasteiger charge is 2.45. The molecular weight excluding hydrogens is 216 g/mol. The van der Waals surface area contributed by atoms with Crippen molar-refractivity contribution in [3.8, 4) is 0 Å². The van der Waals surface area contributed by atoms with E-state index in [0.717, 1.165) is 6.42 Å². The summed E-state index contributed by atoms with van der Waals surface area (Å²) in [5, 5.41) is 0. The lowest BCUT2D eigenvalue weighted by atomic mass is 9.74. The highest BCUT2D eigenvalue weighted by Crippen LogP contribution is 2.56. The molecule has 0 nitrogen and oxygen atoms in total. The lowest BCUT2D eigenvalue weighted by Crippen LogP contribution is -2.22. The van der Waals surface area contributed by atoms with Gasteiger partial charge in [-0.05, 0) is 41.5 Å². The summed E-state index contributed by atoms with van der Waals surface area (Å²) in [6.45, 7) is 0. The summed E-state index contributed by atoms with van der Waals surface area (Å²) in [6, 6.07) is 9.08. The molecule has 0 aromatic heterocycles. The standard InChI is InChI=1S/C18H18/c1-2-8-14-15-9-4-5-11-17(15)18(12-6-7-13-18)16(14)10-3-1/h1-5,8-9,11H,6-7,10,12-13H2. The summed E-state index contributed by atoms with van der Waals surface area (Å²) in [5.74, 6) is 0. The third kappa shape index (κ3) is 1.21. The van der Waals surface area contributed by atoms with E-state index in [1.54, 1.807) is 11.1 Å². The second-order valence-electron chi connectivity index (χ2n) is 5.72. The van der Waals surface area contributed by atoms with Crippen LogP contribution >= 0.6 is 0 Å². The molecule has 0 heteroatoms. The van der Waals surface area contributed by atoms with E-state index in [2.05, 4.69) is 48.6 Å². The van der Waals surface area contributed by atoms with Crippen molar-refractivity contribution < 1.29 is 0 Å². The first-order valence-electron chi connectivity index (χ1n) is 7.08. The largest absolute Gasteiger partial charge is 0.0804 e. The van der Waals surface area contributed by atoms with E-state index < -0.39 is 0 Å². The summed E-state index contributed by atoms with van der Waals surface area (Å²) in [7, 11) is 0. The lowest BCUT2D eigenvalue weighted by molar-refractivity contribution is 0.525. The van der Waals surface area contributed by atoms with Crippen LogP contribution in [0.2, 0.25) is 0 Å². The zero-order valence-corrected chi connectivity index (χ0v) is 10.7. The van der Waals surface area contributed by atoms with E-state index in [9.17, 15) is 0 Å². The molecule has 1 aromatic carbocycles. The molecule has 18 heavy (non-hydrogen) atoms. The van der Waals surface area contributed by atoms with Gasteiger partial charge in [0.25, 0.3) is 0 Å². The average Bonchev–Trinajstić information content (AvgIpc) is 2.89. The van der Waals surface area contributed by atoms with E-state index in [1.165, 1.54) is 36.8 Å². The van der Waals surface area contributed by atoms with Crippen molar-refractivity contribution in [2.45, 2.75) is 37.5 Å². The van der Waals surface area contributed by atoms with E-state index in [-0.39, 0.29) is 0 Å². The number of hydrogen-bond acceptors (Lipinski definition) is 0. The summed E-state index contributed by atoms with van der Waals surface area (Å²) in [6.07, 6.45) is 15.7. The molecule has 0 amide bonds. The van der Waals surface area contributed by atoms with Gasteiger partial charge in [0.05, 0.1) is 0 Å². The van der Waals surface area contributed by atoms with Gasteiger partial charge in [-0.25, -0.2) is 0 Å². The minimum atomic E-state index is 0.380. The summed E-state index contributed by atoms with van der Waals surface area (Å²) < 4.78 is 0. The molecule has 1 spiro atoms. The quantitative estimate of drug-likeness (QED) is 0.606. The Morgan fingerprint density at radius 1 is 0.944 bits per heavy atom. The minimum Gasteiger partial charge on any atom is -0.0804 e. The normalized spacial score (nSPS) is 23.3. The number of allylic oxidation sites excluding steroid dienone is 6. The van der Waals surface area contributed by atoms with Crippen molar-refractivity contribution in [2.24, 2.45) is 0 Å². The molecule has 0 unspecified atom stereocenters. The van der Waals surface area contributed by atoms with Crippen molar-refractivity contribution >= 4 is 5.57 Å². The first kappa shape index (κ1) is 10.4. The van der Waals surface area contributed by atoms with Crippen LogP contribution < -0.4 is 0 Å². The molecule has 4 rings (SSSR count). The van der Waals surface area contributed by atoms with E-state index in [4.69, 9.17) is 0 Å². The molecule has 0 atom stereocenters. The number of fused-ring (bicyclic) bond motifs is 4. The van der Waals surface area contributed by atoms with Crippen molar-refractivity contribution in [1.82, 2.24) is 0 Å². The minimum absolute atomic E-state index is 0.380. The first-order chi connectivity index (χ1) is 8.92. The maximum atomic E-state index is 2.37.